The maximum atomic E-state index is 13.7. The molecule has 0 atom stereocenters. The number of nitrogens with one attached hydrogen (secondary N) is 1. The molecule has 0 amide bonds. The molecule has 1 saturated heterocycles. The Morgan fingerprint density at radius 1 is 1.16 bits per heavy atom. The summed E-state index contributed by atoms with van der Waals surface area (Å²) >= 11 is 0. The zero-order valence-electron chi connectivity index (χ0n) is 11.9. The van der Waals surface area contributed by atoms with Crippen molar-refractivity contribution in [2.45, 2.75) is 19.9 Å². The first-order chi connectivity index (χ1) is 9.16. The minimum absolute atomic E-state index is 0.113. The van der Waals surface area contributed by atoms with E-state index in [1.807, 2.05) is 12.1 Å². The summed E-state index contributed by atoms with van der Waals surface area (Å²) in [7, 11) is 0. The summed E-state index contributed by atoms with van der Waals surface area (Å²) in [5, 5.41) is 3.43. The molecule has 4 heteroatoms. The van der Waals surface area contributed by atoms with Crippen molar-refractivity contribution < 1.29 is 4.39 Å². The fraction of sp³-hybridized carbons (Fsp3) is 0.600. The lowest BCUT2D eigenvalue weighted by Crippen LogP contribution is -2.48. The van der Waals surface area contributed by atoms with Gasteiger partial charge in [0.2, 0.25) is 0 Å². The van der Waals surface area contributed by atoms with Crippen molar-refractivity contribution in [3.63, 3.8) is 0 Å². The van der Waals surface area contributed by atoms with E-state index in [9.17, 15) is 4.39 Å². The van der Waals surface area contributed by atoms with Gasteiger partial charge in [-0.2, -0.15) is 0 Å². The highest BCUT2D eigenvalue weighted by Gasteiger charge is 2.18. The average Bonchev–Trinajstić information content (AvgIpc) is 2.40. The van der Waals surface area contributed by atoms with E-state index in [2.05, 4.69) is 29.0 Å². The van der Waals surface area contributed by atoms with Crippen LogP contribution < -0.4 is 10.2 Å². The SMILES string of the molecule is CC(C)NCCN1CCN(c2ccccc2F)CC1. The van der Waals surface area contributed by atoms with E-state index in [1.165, 1.54) is 6.07 Å². The van der Waals surface area contributed by atoms with Crippen LogP contribution in [-0.2, 0) is 0 Å². The van der Waals surface area contributed by atoms with Crippen molar-refractivity contribution >= 4 is 5.69 Å². The Morgan fingerprint density at radius 2 is 1.84 bits per heavy atom. The maximum absolute atomic E-state index is 13.7. The van der Waals surface area contributed by atoms with E-state index in [0.717, 1.165) is 45.0 Å². The van der Waals surface area contributed by atoms with Gasteiger partial charge in [0.25, 0.3) is 0 Å². The van der Waals surface area contributed by atoms with Gasteiger partial charge in [-0.15, -0.1) is 0 Å². The predicted octanol–water partition coefficient (Wildman–Crippen LogP) is 1.95. The van der Waals surface area contributed by atoms with Crippen molar-refractivity contribution in [1.82, 2.24) is 10.2 Å². The normalized spacial score (nSPS) is 17.2. The highest BCUT2D eigenvalue weighted by Crippen LogP contribution is 2.19. The van der Waals surface area contributed by atoms with Crippen LogP contribution in [0.2, 0.25) is 0 Å². The lowest BCUT2D eigenvalue weighted by Gasteiger charge is -2.36. The van der Waals surface area contributed by atoms with Crippen LogP contribution in [0.1, 0.15) is 13.8 Å². The number of nitrogens with zero attached hydrogens (tertiary/aromatic N) is 2. The van der Waals surface area contributed by atoms with Crippen LogP contribution in [0.3, 0.4) is 0 Å². The molecule has 1 aliphatic heterocycles. The number of halogens is 1. The lowest BCUT2D eigenvalue weighted by molar-refractivity contribution is 0.255. The zero-order valence-corrected chi connectivity index (χ0v) is 11.9. The molecule has 106 valence electrons. The van der Waals surface area contributed by atoms with Crippen molar-refractivity contribution in [3.05, 3.63) is 30.1 Å². The van der Waals surface area contributed by atoms with Gasteiger partial charge in [0, 0.05) is 45.3 Å². The fourth-order valence-electron chi connectivity index (χ4n) is 2.43. The molecule has 0 spiro atoms. The van der Waals surface area contributed by atoms with Gasteiger partial charge >= 0.3 is 0 Å². The second-order valence-corrected chi connectivity index (χ2v) is 5.39. The van der Waals surface area contributed by atoms with E-state index in [0.29, 0.717) is 6.04 Å². The molecule has 1 fully saturated rings. The largest absolute Gasteiger partial charge is 0.367 e. The third kappa shape index (κ3) is 4.18. The third-order valence-electron chi connectivity index (χ3n) is 3.55. The number of para-hydroxylation sites is 1. The van der Waals surface area contributed by atoms with Crippen molar-refractivity contribution in [1.29, 1.82) is 0 Å². The first-order valence-corrected chi connectivity index (χ1v) is 7.12. The molecule has 1 aliphatic rings. The second-order valence-electron chi connectivity index (χ2n) is 5.39. The quantitative estimate of drug-likeness (QED) is 0.878. The topological polar surface area (TPSA) is 18.5 Å². The van der Waals surface area contributed by atoms with Gasteiger partial charge in [-0.3, -0.25) is 4.90 Å². The highest BCUT2D eigenvalue weighted by molar-refractivity contribution is 5.47. The molecule has 0 radical (unpaired) electrons. The molecular formula is C15H24FN3. The van der Waals surface area contributed by atoms with Crippen molar-refractivity contribution in [3.8, 4) is 0 Å². The summed E-state index contributed by atoms with van der Waals surface area (Å²) in [5.41, 5.74) is 0.738. The van der Waals surface area contributed by atoms with Gasteiger partial charge in [-0.25, -0.2) is 4.39 Å². The van der Waals surface area contributed by atoms with Crippen LogP contribution >= 0.6 is 0 Å². The lowest BCUT2D eigenvalue weighted by atomic mass is 10.2. The molecule has 0 aliphatic carbocycles. The number of rotatable bonds is 5. The molecule has 1 aromatic rings. The number of hydrogen-bond acceptors (Lipinski definition) is 3. The van der Waals surface area contributed by atoms with Crippen LogP contribution in [0, 0.1) is 5.82 Å². The van der Waals surface area contributed by atoms with Crippen LogP contribution in [0.25, 0.3) is 0 Å². The first kappa shape index (κ1) is 14.3. The molecule has 2 rings (SSSR count). The smallest absolute Gasteiger partial charge is 0.146 e. The van der Waals surface area contributed by atoms with Crippen LogP contribution in [0.5, 0.6) is 0 Å². The minimum Gasteiger partial charge on any atom is -0.367 e. The van der Waals surface area contributed by atoms with E-state index in [1.54, 1.807) is 6.07 Å². The summed E-state index contributed by atoms with van der Waals surface area (Å²) < 4.78 is 13.7. The average molecular weight is 265 g/mol. The molecule has 0 saturated carbocycles. The zero-order chi connectivity index (χ0) is 13.7. The van der Waals surface area contributed by atoms with E-state index >= 15 is 0 Å². The number of piperazine rings is 1. The molecule has 0 unspecified atom stereocenters. The Bertz CT molecular complexity index is 387. The Labute approximate surface area is 115 Å². The monoisotopic (exact) mass is 265 g/mol. The van der Waals surface area contributed by atoms with Gasteiger partial charge in [0.15, 0.2) is 0 Å². The summed E-state index contributed by atoms with van der Waals surface area (Å²) in [4.78, 5) is 4.58. The van der Waals surface area contributed by atoms with E-state index in [-0.39, 0.29) is 5.82 Å². The Hall–Kier alpha value is -1.13. The molecule has 19 heavy (non-hydrogen) atoms. The van der Waals surface area contributed by atoms with Crippen LogP contribution in [0.15, 0.2) is 24.3 Å². The van der Waals surface area contributed by atoms with Crippen LogP contribution in [0.4, 0.5) is 10.1 Å². The number of anilines is 1. The van der Waals surface area contributed by atoms with Gasteiger partial charge in [0.05, 0.1) is 5.69 Å². The summed E-state index contributed by atoms with van der Waals surface area (Å²) in [6.45, 7) is 10.3. The predicted molar refractivity (Wildman–Crippen MR) is 78.2 cm³/mol. The molecule has 1 N–H and O–H groups in total. The van der Waals surface area contributed by atoms with Gasteiger partial charge in [-0.05, 0) is 12.1 Å². The number of benzene rings is 1. The highest BCUT2D eigenvalue weighted by atomic mass is 19.1. The fourth-order valence-corrected chi connectivity index (χ4v) is 2.43. The molecule has 1 heterocycles. The Morgan fingerprint density at radius 3 is 2.47 bits per heavy atom. The van der Waals surface area contributed by atoms with Crippen molar-refractivity contribution in [2.24, 2.45) is 0 Å². The summed E-state index contributed by atoms with van der Waals surface area (Å²) in [6.07, 6.45) is 0. The molecule has 0 bridgehead atoms. The third-order valence-corrected chi connectivity index (χ3v) is 3.55. The van der Waals surface area contributed by atoms with Gasteiger partial charge in [-0.1, -0.05) is 26.0 Å². The minimum atomic E-state index is -0.113. The second kappa shape index (κ2) is 6.87. The first-order valence-electron chi connectivity index (χ1n) is 7.12. The molecule has 3 nitrogen and oxygen atoms in total. The van der Waals surface area contributed by atoms with E-state index < -0.39 is 0 Å². The Balaban J connectivity index is 1.78. The molecule has 0 aromatic heterocycles. The van der Waals surface area contributed by atoms with Gasteiger partial charge in [0.1, 0.15) is 5.82 Å². The standard InChI is InChI=1S/C15H24FN3/c1-13(2)17-7-8-18-9-11-19(12-10-18)15-6-4-3-5-14(15)16/h3-6,13,17H,7-12H2,1-2H3. The van der Waals surface area contributed by atoms with Gasteiger partial charge < -0.3 is 10.2 Å². The van der Waals surface area contributed by atoms with Crippen molar-refractivity contribution in [2.75, 3.05) is 44.2 Å². The summed E-state index contributed by atoms with van der Waals surface area (Å²) in [6, 6.07) is 7.59. The van der Waals surface area contributed by atoms with E-state index in [4.69, 9.17) is 0 Å². The number of hydrogen-bond donors (Lipinski definition) is 1. The van der Waals surface area contributed by atoms with Crippen LogP contribution in [-0.4, -0.2) is 50.2 Å². The molecule has 1 aromatic carbocycles. The molecular weight excluding hydrogens is 241 g/mol. The Kier molecular flexibility index (Phi) is 5.16. The maximum Gasteiger partial charge on any atom is 0.146 e. The summed E-state index contributed by atoms with van der Waals surface area (Å²) in [5.74, 6) is -0.113.